The largest absolute Gasteiger partial charge is 0.385 e. The number of aromatic nitrogens is 1. The van der Waals surface area contributed by atoms with Crippen molar-refractivity contribution in [2.24, 2.45) is 0 Å². The van der Waals surface area contributed by atoms with Gasteiger partial charge in [-0.3, -0.25) is 0 Å². The SMILES string of the molecule is COCCCOCCn1ccc2cc(Cl)ccc21. The Morgan fingerprint density at radius 3 is 2.89 bits per heavy atom. The fraction of sp³-hybridized carbons (Fsp3) is 0.429. The molecule has 4 heteroatoms. The molecular weight excluding hydrogens is 250 g/mol. The Bertz CT molecular complexity index is 495. The molecule has 1 heterocycles. The molecule has 0 aliphatic carbocycles. The number of fused-ring (bicyclic) bond motifs is 1. The lowest BCUT2D eigenvalue weighted by molar-refractivity contribution is 0.0982. The maximum atomic E-state index is 5.96. The number of ether oxygens (including phenoxy) is 2. The van der Waals surface area contributed by atoms with Gasteiger partial charge >= 0.3 is 0 Å². The molecule has 0 bridgehead atoms. The van der Waals surface area contributed by atoms with Gasteiger partial charge in [0.1, 0.15) is 0 Å². The first-order chi connectivity index (χ1) is 8.81. The quantitative estimate of drug-likeness (QED) is 0.718. The normalized spacial score (nSPS) is 11.2. The second-order valence-corrected chi connectivity index (χ2v) is 4.61. The van der Waals surface area contributed by atoms with Crippen LogP contribution in [0.3, 0.4) is 0 Å². The highest BCUT2D eigenvalue weighted by Crippen LogP contribution is 2.20. The van der Waals surface area contributed by atoms with Gasteiger partial charge in [-0.25, -0.2) is 0 Å². The molecular formula is C14H18ClNO2. The number of nitrogens with zero attached hydrogens (tertiary/aromatic N) is 1. The van der Waals surface area contributed by atoms with Gasteiger partial charge in [0.2, 0.25) is 0 Å². The molecule has 0 N–H and O–H groups in total. The van der Waals surface area contributed by atoms with E-state index in [9.17, 15) is 0 Å². The van der Waals surface area contributed by atoms with Crippen LogP contribution in [0.2, 0.25) is 5.02 Å². The molecule has 0 amide bonds. The zero-order valence-corrected chi connectivity index (χ0v) is 11.3. The van der Waals surface area contributed by atoms with Gasteiger partial charge in [0, 0.05) is 49.0 Å². The molecule has 0 unspecified atom stereocenters. The average Bonchev–Trinajstić information content (AvgIpc) is 2.76. The van der Waals surface area contributed by atoms with E-state index in [0.717, 1.165) is 37.8 Å². The van der Waals surface area contributed by atoms with Gasteiger partial charge in [0.05, 0.1) is 6.61 Å². The topological polar surface area (TPSA) is 23.4 Å². The summed E-state index contributed by atoms with van der Waals surface area (Å²) in [6, 6.07) is 8.02. The maximum absolute atomic E-state index is 5.96. The van der Waals surface area contributed by atoms with E-state index in [1.54, 1.807) is 7.11 Å². The minimum absolute atomic E-state index is 0.718. The van der Waals surface area contributed by atoms with Crippen molar-refractivity contribution in [1.82, 2.24) is 4.57 Å². The monoisotopic (exact) mass is 267 g/mol. The molecule has 0 aliphatic heterocycles. The molecule has 2 rings (SSSR count). The van der Waals surface area contributed by atoms with E-state index in [0.29, 0.717) is 0 Å². The van der Waals surface area contributed by atoms with E-state index in [4.69, 9.17) is 21.1 Å². The molecule has 98 valence electrons. The van der Waals surface area contributed by atoms with Crippen molar-refractivity contribution in [3.63, 3.8) is 0 Å². The van der Waals surface area contributed by atoms with E-state index < -0.39 is 0 Å². The van der Waals surface area contributed by atoms with Crippen LogP contribution in [0.4, 0.5) is 0 Å². The molecule has 0 saturated carbocycles. The van der Waals surface area contributed by atoms with Crippen LogP contribution in [0.25, 0.3) is 10.9 Å². The molecule has 2 aromatic rings. The second-order valence-electron chi connectivity index (χ2n) is 4.17. The zero-order chi connectivity index (χ0) is 12.8. The van der Waals surface area contributed by atoms with Crippen LogP contribution < -0.4 is 0 Å². The third kappa shape index (κ3) is 3.48. The standard InChI is InChI=1S/C14H18ClNO2/c1-17-8-2-9-18-10-7-16-6-5-12-11-13(15)3-4-14(12)16/h3-6,11H,2,7-10H2,1H3. The molecule has 1 aromatic heterocycles. The third-order valence-corrected chi connectivity index (χ3v) is 3.08. The Kier molecular flexibility index (Phi) is 5.05. The summed E-state index contributed by atoms with van der Waals surface area (Å²) in [7, 11) is 1.71. The van der Waals surface area contributed by atoms with Gasteiger partial charge < -0.3 is 14.0 Å². The molecule has 0 atom stereocenters. The fourth-order valence-electron chi connectivity index (χ4n) is 1.94. The van der Waals surface area contributed by atoms with Gasteiger partial charge in [0.25, 0.3) is 0 Å². The Balaban J connectivity index is 1.84. The van der Waals surface area contributed by atoms with Crippen LogP contribution in [0.1, 0.15) is 6.42 Å². The number of rotatable bonds is 7. The number of halogens is 1. The van der Waals surface area contributed by atoms with E-state index in [1.165, 1.54) is 10.9 Å². The smallest absolute Gasteiger partial charge is 0.0645 e. The van der Waals surface area contributed by atoms with Crippen molar-refractivity contribution in [2.45, 2.75) is 13.0 Å². The number of methoxy groups -OCH3 is 1. The van der Waals surface area contributed by atoms with Crippen molar-refractivity contribution < 1.29 is 9.47 Å². The summed E-state index contributed by atoms with van der Waals surface area (Å²) in [6.45, 7) is 3.08. The lowest BCUT2D eigenvalue weighted by Crippen LogP contribution is -2.06. The zero-order valence-electron chi connectivity index (χ0n) is 10.6. The molecule has 3 nitrogen and oxygen atoms in total. The average molecular weight is 268 g/mol. The molecule has 0 saturated heterocycles. The van der Waals surface area contributed by atoms with Gasteiger partial charge in [-0.1, -0.05) is 11.6 Å². The number of hydrogen-bond donors (Lipinski definition) is 0. The first kappa shape index (κ1) is 13.4. The van der Waals surface area contributed by atoms with Crippen molar-refractivity contribution in [3.05, 3.63) is 35.5 Å². The van der Waals surface area contributed by atoms with Gasteiger partial charge in [-0.05, 0) is 30.7 Å². The van der Waals surface area contributed by atoms with Crippen LogP contribution in [0.5, 0.6) is 0 Å². The van der Waals surface area contributed by atoms with Crippen LogP contribution in [0.15, 0.2) is 30.5 Å². The lowest BCUT2D eigenvalue weighted by atomic mass is 10.2. The minimum atomic E-state index is 0.718. The molecule has 0 radical (unpaired) electrons. The van der Waals surface area contributed by atoms with E-state index in [-0.39, 0.29) is 0 Å². The lowest BCUT2D eigenvalue weighted by Gasteiger charge is -2.07. The molecule has 18 heavy (non-hydrogen) atoms. The Morgan fingerprint density at radius 1 is 1.17 bits per heavy atom. The van der Waals surface area contributed by atoms with Crippen molar-refractivity contribution >= 4 is 22.5 Å². The van der Waals surface area contributed by atoms with Crippen LogP contribution in [0, 0.1) is 0 Å². The molecule has 0 fully saturated rings. The summed E-state index contributed by atoms with van der Waals surface area (Å²) in [5.74, 6) is 0. The van der Waals surface area contributed by atoms with Gasteiger partial charge in [-0.2, -0.15) is 0 Å². The van der Waals surface area contributed by atoms with Crippen molar-refractivity contribution in [3.8, 4) is 0 Å². The molecule has 0 spiro atoms. The summed E-state index contributed by atoms with van der Waals surface area (Å²) < 4.78 is 12.7. The summed E-state index contributed by atoms with van der Waals surface area (Å²) in [6.07, 6.45) is 3.01. The van der Waals surface area contributed by atoms with Crippen LogP contribution in [-0.4, -0.2) is 31.5 Å². The molecule has 1 aromatic carbocycles. The van der Waals surface area contributed by atoms with Crippen molar-refractivity contribution in [1.29, 1.82) is 0 Å². The highest BCUT2D eigenvalue weighted by molar-refractivity contribution is 6.31. The summed E-state index contributed by atoms with van der Waals surface area (Å²) in [4.78, 5) is 0. The Morgan fingerprint density at radius 2 is 2.06 bits per heavy atom. The predicted molar refractivity (Wildman–Crippen MR) is 74.3 cm³/mol. The minimum Gasteiger partial charge on any atom is -0.385 e. The fourth-order valence-corrected chi connectivity index (χ4v) is 2.12. The number of hydrogen-bond acceptors (Lipinski definition) is 2. The number of benzene rings is 1. The Hall–Kier alpha value is -1.03. The Labute approximate surface area is 112 Å². The van der Waals surface area contributed by atoms with Gasteiger partial charge in [-0.15, -0.1) is 0 Å². The van der Waals surface area contributed by atoms with Crippen LogP contribution in [-0.2, 0) is 16.0 Å². The van der Waals surface area contributed by atoms with Crippen LogP contribution >= 0.6 is 11.6 Å². The first-order valence-electron chi connectivity index (χ1n) is 6.12. The van der Waals surface area contributed by atoms with E-state index >= 15 is 0 Å². The summed E-state index contributed by atoms with van der Waals surface area (Å²) in [5, 5.41) is 1.94. The van der Waals surface area contributed by atoms with E-state index in [1.807, 2.05) is 18.2 Å². The highest BCUT2D eigenvalue weighted by atomic mass is 35.5. The summed E-state index contributed by atoms with van der Waals surface area (Å²) in [5.41, 5.74) is 1.19. The van der Waals surface area contributed by atoms with Crippen molar-refractivity contribution in [2.75, 3.05) is 26.9 Å². The molecule has 0 aliphatic rings. The third-order valence-electron chi connectivity index (χ3n) is 2.85. The second kappa shape index (κ2) is 6.78. The highest BCUT2D eigenvalue weighted by Gasteiger charge is 2.01. The first-order valence-corrected chi connectivity index (χ1v) is 6.50. The predicted octanol–water partition coefficient (Wildman–Crippen LogP) is 3.35. The maximum Gasteiger partial charge on any atom is 0.0645 e. The van der Waals surface area contributed by atoms with Gasteiger partial charge in [0.15, 0.2) is 0 Å². The summed E-state index contributed by atoms with van der Waals surface area (Å²) >= 11 is 5.96. The van der Waals surface area contributed by atoms with E-state index in [2.05, 4.69) is 16.8 Å².